The first-order chi connectivity index (χ1) is 8.76. The number of nitrogens with one attached hydrogen (secondary N) is 1. The Hall–Kier alpha value is -1.08. The second-order valence-corrected chi connectivity index (χ2v) is 5.40. The largest absolute Gasteiger partial charge is 0.317 e. The van der Waals surface area contributed by atoms with Gasteiger partial charge in [-0.1, -0.05) is 44.7 Å². The molecule has 0 aliphatic carbocycles. The number of rotatable bonds is 4. The van der Waals surface area contributed by atoms with Gasteiger partial charge in [0, 0.05) is 0 Å². The molecule has 1 atom stereocenters. The standard InChI is InChI=1S/C17H25N/c1-4-14-6-7-17(15(5-2)12-14)13(3)16-8-10-18-11-9-16/h5-7,12-13,16,18H,2,4,8-11H2,1,3H3. The van der Waals surface area contributed by atoms with Crippen molar-refractivity contribution >= 4 is 6.08 Å². The highest BCUT2D eigenvalue weighted by Gasteiger charge is 2.22. The van der Waals surface area contributed by atoms with Gasteiger partial charge in [-0.05, 0) is 60.9 Å². The van der Waals surface area contributed by atoms with Gasteiger partial charge in [-0.15, -0.1) is 0 Å². The summed E-state index contributed by atoms with van der Waals surface area (Å²) < 4.78 is 0. The second-order valence-electron chi connectivity index (χ2n) is 5.40. The molecule has 1 unspecified atom stereocenters. The van der Waals surface area contributed by atoms with Crippen LogP contribution >= 0.6 is 0 Å². The molecule has 0 aromatic heterocycles. The number of benzene rings is 1. The van der Waals surface area contributed by atoms with Crippen molar-refractivity contribution < 1.29 is 0 Å². The van der Waals surface area contributed by atoms with Crippen LogP contribution in [-0.4, -0.2) is 13.1 Å². The minimum Gasteiger partial charge on any atom is -0.317 e. The van der Waals surface area contributed by atoms with Gasteiger partial charge < -0.3 is 5.32 Å². The molecule has 1 nitrogen and oxygen atoms in total. The zero-order valence-electron chi connectivity index (χ0n) is 11.7. The van der Waals surface area contributed by atoms with Gasteiger partial charge in [-0.25, -0.2) is 0 Å². The molecule has 0 saturated carbocycles. The van der Waals surface area contributed by atoms with E-state index in [2.05, 4.69) is 43.9 Å². The lowest BCUT2D eigenvalue weighted by Gasteiger charge is -2.29. The number of hydrogen-bond donors (Lipinski definition) is 1. The maximum Gasteiger partial charge on any atom is -0.00461 e. The third-order valence-corrected chi connectivity index (χ3v) is 4.36. The predicted molar refractivity (Wildman–Crippen MR) is 79.9 cm³/mol. The molecule has 1 heterocycles. The molecule has 0 radical (unpaired) electrons. The average molecular weight is 243 g/mol. The fourth-order valence-corrected chi connectivity index (χ4v) is 3.03. The average Bonchev–Trinajstić information content (AvgIpc) is 2.46. The molecule has 1 N–H and O–H groups in total. The summed E-state index contributed by atoms with van der Waals surface area (Å²) >= 11 is 0. The minimum atomic E-state index is 0.644. The summed E-state index contributed by atoms with van der Waals surface area (Å²) in [5.74, 6) is 1.46. The van der Waals surface area contributed by atoms with Crippen molar-refractivity contribution in [1.29, 1.82) is 0 Å². The Morgan fingerprint density at radius 1 is 1.39 bits per heavy atom. The maximum absolute atomic E-state index is 3.98. The zero-order chi connectivity index (χ0) is 13.0. The van der Waals surface area contributed by atoms with E-state index in [0.29, 0.717) is 5.92 Å². The highest BCUT2D eigenvalue weighted by molar-refractivity contribution is 5.54. The molecule has 18 heavy (non-hydrogen) atoms. The molecule has 1 aromatic rings. The predicted octanol–water partition coefficient (Wildman–Crippen LogP) is 4.00. The molecule has 1 aliphatic rings. The molecule has 1 aromatic carbocycles. The molecule has 0 bridgehead atoms. The van der Waals surface area contributed by atoms with Crippen molar-refractivity contribution in [3.8, 4) is 0 Å². The minimum absolute atomic E-state index is 0.644. The Balaban J connectivity index is 2.22. The summed E-state index contributed by atoms with van der Waals surface area (Å²) in [7, 11) is 0. The highest BCUT2D eigenvalue weighted by atomic mass is 14.9. The van der Waals surface area contributed by atoms with Gasteiger partial charge in [0.05, 0.1) is 0 Å². The molecule has 0 spiro atoms. The first-order valence-electron chi connectivity index (χ1n) is 7.22. The van der Waals surface area contributed by atoms with Crippen molar-refractivity contribution in [3.63, 3.8) is 0 Å². The zero-order valence-corrected chi connectivity index (χ0v) is 11.7. The van der Waals surface area contributed by atoms with E-state index in [0.717, 1.165) is 12.3 Å². The molecule has 1 saturated heterocycles. The van der Waals surface area contributed by atoms with Crippen LogP contribution in [0.15, 0.2) is 24.8 Å². The van der Waals surface area contributed by atoms with E-state index < -0.39 is 0 Å². The molecule has 1 aliphatic heterocycles. The molecular formula is C17H25N. The Morgan fingerprint density at radius 2 is 2.11 bits per heavy atom. The van der Waals surface area contributed by atoms with Crippen molar-refractivity contribution in [3.05, 3.63) is 41.5 Å². The molecular weight excluding hydrogens is 218 g/mol. The van der Waals surface area contributed by atoms with Crippen molar-refractivity contribution in [1.82, 2.24) is 5.32 Å². The number of aryl methyl sites for hydroxylation is 1. The van der Waals surface area contributed by atoms with Crippen LogP contribution in [0.5, 0.6) is 0 Å². The highest BCUT2D eigenvalue weighted by Crippen LogP contribution is 2.33. The molecule has 0 amide bonds. The van der Waals surface area contributed by atoms with E-state index in [-0.39, 0.29) is 0 Å². The van der Waals surface area contributed by atoms with Crippen LogP contribution in [0.4, 0.5) is 0 Å². The van der Waals surface area contributed by atoms with Crippen LogP contribution in [0.3, 0.4) is 0 Å². The molecule has 98 valence electrons. The molecule has 1 heteroatoms. The summed E-state index contributed by atoms with van der Waals surface area (Å²) in [4.78, 5) is 0. The van der Waals surface area contributed by atoms with E-state index in [9.17, 15) is 0 Å². The summed E-state index contributed by atoms with van der Waals surface area (Å²) in [6, 6.07) is 6.91. The Labute approximate surface area is 111 Å². The van der Waals surface area contributed by atoms with Crippen LogP contribution < -0.4 is 5.32 Å². The maximum atomic E-state index is 3.98. The monoisotopic (exact) mass is 243 g/mol. The summed E-state index contributed by atoms with van der Waals surface area (Å²) in [5.41, 5.74) is 4.22. The van der Waals surface area contributed by atoms with Gasteiger partial charge in [0.25, 0.3) is 0 Å². The summed E-state index contributed by atoms with van der Waals surface area (Å²) in [6.07, 6.45) is 5.72. The fourth-order valence-electron chi connectivity index (χ4n) is 3.03. The van der Waals surface area contributed by atoms with E-state index in [1.165, 1.54) is 42.6 Å². The van der Waals surface area contributed by atoms with Gasteiger partial charge in [0.1, 0.15) is 0 Å². The molecule has 2 rings (SSSR count). The lowest BCUT2D eigenvalue weighted by atomic mass is 9.79. The normalized spacial score (nSPS) is 18.6. The quantitative estimate of drug-likeness (QED) is 0.843. The van der Waals surface area contributed by atoms with Crippen molar-refractivity contribution in [2.45, 2.75) is 39.0 Å². The first kappa shape index (κ1) is 13.4. The number of hydrogen-bond acceptors (Lipinski definition) is 1. The topological polar surface area (TPSA) is 12.0 Å². The van der Waals surface area contributed by atoms with E-state index >= 15 is 0 Å². The first-order valence-corrected chi connectivity index (χ1v) is 7.22. The third-order valence-electron chi connectivity index (χ3n) is 4.36. The van der Waals surface area contributed by atoms with Crippen LogP contribution in [0.1, 0.15) is 49.3 Å². The van der Waals surface area contributed by atoms with E-state index in [4.69, 9.17) is 0 Å². The second kappa shape index (κ2) is 6.19. The van der Waals surface area contributed by atoms with Gasteiger partial charge in [0.15, 0.2) is 0 Å². The Bertz CT molecular complexity index is 402. The van der Waals surface area contributed by atoms with E-state index in [1.54, 1.807) is 0 Å². The Morgan fingerprint density at radius 3 is 2.72 bits per heavy atom. The van der Waals surface area contributed by atoms with Gasteiger partial charge >= 0.3 is 0 Å². The van der Waals surface area contributed by atoms with E-state index in [1.807, 2.05) is 6.08 Å². The van der Waals surface area contributed by atoms with Crippen molar-refractivity contribution in [2.24, 2.45) is 5.92 Å². The van der Waals surface area contributed by atoms with Gasteiger partial charge in [0.2, 0.25) is 0 Å². The van der Waals surface area contributed by atoms with Crippen molar-refractivity contribution in [2.75, 3.05) is 13.1 Å². The lowest BCUT2D eigenvalue weighted by Crippen LogP contribution is -2.30. The van der Waals surface area contributed by atoms with Crippen LogP contribution in [-0.2, 0) is 6.42 Å². The SMILES string of the molecule is C=Cc1cc(CC)ccc1C(C)C1CCNCC1. The Kier molecular flexibility index (Phi) is 4.60. The van der Waals surface area contributed by atoms with Crippen LogP contribution in [0.25, 0.3) is 6.08 Å². The third kappa shape index (κ3) is 2.84. The van der Waals surface area contributed by atoms with Crippen LogP contribution in [0.2, 0.25) is 0 Å². The fraction of sp³-hybridized carbons (Fsp3) is 0.529. The number of piperidine rings is 1. The molecule has 1 fully saturated rings. The summed E-state index contributed by atoms with van der Waals surface area (Å²) in [6.45, 7) is 10.9. The van der Waals surface area contributed by atoms with Gasteiger partial charge in [-0.3, -0.25) is 0 Å². The lowest BCUT2D eigenvalue weighted by molar-refractivity contribution is 0.330. The smallest absolute Gasteiger partial charge is 0.00461 e. The van der Waals surface area contributed by atoms with Gasteiger partial charge in [-0.2, -0.15) is 0 Å². The van der Waals surface area contributed by atoms with Crippen LogP contribution in [0, 0.1) is 5.92 Å². The summed E-state index contributed by atoms with van der Waals surface area (Å²) in [5, 5.41) is 3.45.